The third kappa shape index (κ3) is 3.85. The average Bonchev–Trinajstić information content (AvgIpc) is 2.74. The number of carbonyl (C=O) groups excluding carboxylic acids is 1. The molecule has 0 aliphatic rings. The SMILES string of the molecule is CC[C@@H](Nc1c(Nc2cccc(C(=O)N(C)C)c2N)c(=O)c1=O)c1ccccc1. The molecule has 0 saturated heterocycles. The highest BCUT2D eigenvalue weighted by atomic mass is 16.2. The summed E-state index contributed by atoms with van der Waals surface area (Å²) < 4.78 is 0. The number of para-hydroxylation sites is 1. The number of carbonyl (C=O) groups is 1. The van der Waals surface area contributed by atoms with Crippen LogP contribution < -0.4 is 27.2 Å². The minimum atomic E-state index is -0.612. The first kappa shape index (κ1) is 20.1. The molecule has 7 heteroatoms. The highest BCUT2D eigenvalue weighted by Gasteiger charge is 2.25. The van der Waals surface area contributed by atoms with Crippen molar-refractivity contribution in [3.05, 3.63) is 80.1 Å². The smallest absolute Gasteiger partial charge is 0.255 e. The van der Waals surface area contributed by atoms with Gasteiger partial charge in [0.2, 0.25) is 0 Å². The van der Waals surface area contributed by atoms with Gasteiger partial charge in [-0.1, -0.05) is 43.3 Å². The molecular weight excluding hydrogens is 368 g/mol. The Balaban J connectivity index is 1.90. The largest absolute Gasteiger partial charge is 0.396 e. The molecule has 3 rings (SSSR count). The minimum absolute atomic E-state index is 0.112. The molecular formula is C22H24N4O3. The summed E-state index contributed by atoms with van der Waals surface area (Å²) in [6.07, 6.45) is 0.733. The van der Waals surface area contributed by atoms with E-state index < -0.39 is 10.9 Å². The fourth-order valence-corrected chi connectivity index (χ4v) is 3.17. The third-order valence-corrected chi connectivity index (χ3v) is 4.84. The Kier molecular flexibility index (Phi) is 5.68. The van der Waals surface area contributed by atoms with Gasteiger partial charge in [0.25, 0.3) is 16.8 Å². The van der Waals surface area contributed by atoms with E-state index in [1.165, 1.54) is 4.90 Å². The minimum Gasteiger partial charge on any atom is -0.396 e. The molecule has 0 unspecified atom stereocenters. The van der Waals surface area contributed by atoms with Crippen molar-refractivity contribution in [2.75, 3.05) is 30.5 Å². The molecule has 3 aromatic carbocycles. The first-order valence-corrected chi connectivity index (χ1v) is 9.37. The normalized spacial score (nSPS) is 11.8. The lowest BCUT2D eigenvalue weighted by molar-refractivity contribution is 0.0828. The Morgan fingerprint density at radius 1 is 1.00 bits per heavy atom. The van der Waals surface area contributed by atoms with Crippen LogP contribution in [-0.4, -0.2) is 24.9 Å². The molecule has 0 aliphatic carbocycles. The highest BCUT2D eigenvalue weighted by Crippen LogP contribution is 2.30. The molecule has 1 atom stereocenters. The summed E-state index contributed by atoms with van der Waals surface area (Å²) in [7, 11) is 3.27. The Bertz CT molecular complexity index is 1100. The standard InChI is InChI=1S/C22H24N4O3/c1-4-15(13-9-6-5-7-10-13)24-18-19(21(28)20(18)27)25-16-12-8-11-14(17(16)23)22(29)26(2)3/h5-12,15,24-25H,4,23H2,1-3H3/t15-/m1/s1. The number of hydrogen-bond acceptors (Lipinski definition) is 6. The van der Waals surface area contributed by atoms with Crippen LogP contribution >= 0.6 is 0 Å². The van der Waals surface area contributed by atoms with Crippen LogP contribution in [-0.2, 0) is 0 Å². The van der Waals surface area contributed by atoms with Gasteiger partial charge in [-0.2, -0.15) is 0 Å². The molecule has 7 nitrogen and oxygen atoms in total. The first-order chi connectivity index (χ1) is 13.8. The molecule has 0 heterocycles. The highest BCUT2D eigenvalue weighted by molar-refractivity contribution is 6.02. The summed E-state index contributed by atoms with van der Waals surface area (Å²) in [6.45, 7) is 2.00. The first-order valence-electron chi connectivity index (χ1n) is 9.37. The Hall–Kier alpha value is -3.61. The van der Waals surface area contributed by atoms with Crippen LogP contribution in [0.15, 0.2) is 58.1 Å². The van der Waals surface area contributed by atoms with Crippen molar-refractivity contribution in [3.8, 4) is 0 Å². The predicted molar refractivity (Wildman–Crippen MR) is 117 cm³/mol. The summed E-state index contributed by atoms with van der Waals surface area (Å²) in [6, 6.07) is 14.5. The molecule has 0 aromatic heterocycles. The molecule has 0 radical (unpaired) electrons. The lowest BCUT2D eigenvalue weighted by Gasteiger charge is -2.22. The van der Waals surface area contributed by atoms with Crippen molar-refractivity contribution < 1.29 is 4.79 Å². The lowest BCUT2D eigenvalue weighted by Crippen LogP contribution is -2.37. The summed E-state index contributed by atoms with van der Waals surface area (Å²) in [5, 5.41) is 6.12. The monoisotopic (exact) mass is 392 g/mol. The zero-order valence-corrected chi connectivity index (χ0v) is 16.7. The molecule has 3 aromatic rings. The van der Waals surface area contributed by atoms with Crippen molar-refractivity contribution in [1.82, 2.24) is 4.90 Å². The van der Waals surface area contributed by atoms with Gasteiger partial charge in [-0.3, -0.25) is 14.4 Å². The summed E-state index contributed by atoms with van der Waals surface area (Å²) in [5.41, 5.74) is 7.32. The van der Waals surface area contributed by atoms with Gasteiger partial charge in [0.15, 0.2) is 0 Å². The van der Waals surface area contributed by atoms with Crippen LogP contribution in [0.1, 0.15) is 35.3 Å². The van der Waals surface area contributed by atoms with E-state index in [0.29, 0.717) is 11.3 Å². The van der Waals surface area contributed by atoms with E-state index in [2.05, 4.69) is 10.6 Å². The zero-order chi connectivity index (χ0) is 21.1. The van der Waals surface area contributed by atoms with Crippen molar-refractivity contribution in [1.29, 1.82) is 0 Å². The molecule has 150 valence electrons. The van der Waals surface area contributed by atoms with E-state index in [0.717, 1.165) is 12.0 Å². The van der Waals surface area contributed by atoms with Gasteiger partial charge in [-0.25, -0.2) is 0 Å². The van der Waals surface area contributed by atoms with Gasteiger partial charge in [-0.05, 0) is 24.1 Å². The summed E-state index contributed by atoms with van der Waals surface area (Å²) in [5.74, 6) is -0.246. The number of hydrogen-bond donors (Lipinski definition) is 3. The number of nitrogens with two attached hydrogens (primary N) is 1. The predicted octanol–water partition coefficient (Wildman–Crippen LogP) is 2.87. The number of anilines is 4. The molecule has 0 saturated carbocycles. The quantitative estimate of drug-likeness (QED) is 0.422. The van der Waals surface area contributed by atoms with Gasteiger partial charge in [0, 0.05) is 14.1 Å². The van der Waals surface area contributed by atoms with Crippen LogP contribution in [0, 0.1) is 0 Å². The number of nitrogens with zero attached hydrogens (tertiary/aromatic N) is 1. The maximum absolute atomic E-state index is 12.3. The van der Waals surface area contributed by atoms with Crippen LogP contribution in [0.2, 0.25) is 0 Å². The van der Waals surface area contributed by atoms with Crippen LogP contribution in [0.25, 0.3) is 0 Å². The van der Waals surface area contributed by atoms with Gasteiger partial charge in [-0.15, -0.1) is 0 Å². The Labute approximate surface area is 168 Å². The number of nitrogen functional groups attached to an aromatic ring is 1. The molecule has 0 fully saturated rings. The second kappa shape index (κ2) is 8.18. The van der Waals surface area contributed by atoms with Crippen molar-refractivity contribution in [2.24, 2.45) is 0 Å². The molecule has 0 aliphatic heterocycles. The van der Waals surface area contributed by atoms with Gasteiger partial charge >= 0.3 is 0 Å². The van der Waals surface area contributed by atoms with Crippen molar-refractivity contribution in [3.63, 3.8) is 0 Å². The molecule has 0 bridgehead atoms. The van der Waals surface area contributed by atoms with E-state index in [9.17, 15) is 14.4 Å². The van der Waals surface area contributed by atoms with Crippen molar-refractivity contribution in [2.45, 2.75) is 19.4 Å². The van der Waals surface area contributed by atoms with Gasteiger partial charge in [0.1, 0.15) is 11.4 Å². The van der Waals surface area contributed by atoms with Crippen LogP contribution in [0.3, 0.4) is 0 Å². The molecule has 29 heavy (non-hydrogen) atoms. The maximum atomic E-state index is 12.3. The average molecular weight is 392 g/mol. The zero-order valence-electron chi connectivity index (χ0n) is 16.7. The van der Waals surface area contributed by atoms with Gasteiger partial charge in [0.05, 0.1) is 23.0 Å². The maximum Gasteiger partial charge on any atom is 0.255 e. The topological polar surface area (TPSA) is 105 Å². The number of benzene rings is 2. The van der Waals surface area contributed by atoms with Crippen molar-refractivity contribution >= 4 is 28.7 Å². The fraction of sp³-hybridized carbons (Fsp3) is 0.227. The van der Waals surface area contributed by atoms with Crippen LogP contribution in [0.5, 0.6) is 0 Å². The van der Waals surface area contributed by atoms with Crippen LogP contribution in [0.4, 0.5) is 22.7 Å². The number of nitrogens with one attached hydrogen (secondary N) is 2. The Morgan fingerprint density at radius 3 is 2.28 bits per heavy atom. The van der Waals surface area contributed by atoms with Gasteiger partial charge < -0.3 is 21.3 Å². The van der Waals surface area contributed by atoms with E-state index in [1.807, 2.05) is 37.3 Å². The lowest BCUT2D eigenvalue weighted by atomic mass is 10.0. The van der Waals surface area contributed by atoms with E-state index in [1.54, 1.807) is 32.3 Å². The molecule has 4 N–H and O–H groups in total. The summed E-state index contributed by atoms with van der Waals surface area (Å²) in [4.78, 5) is 38.1. The molecule has 1 amide bonds. The molecule has 0 spiro atoms. The fourth-order valence-electron chi connectivity index (χ4n) is 3.17. The third-order valence-electron chi connectivity index (χ3n) is 4.84. The second-order valence-corrected chi connectivity index (χ2v) is 7.02. The number of amides is 1. The Morgan fingerprint density at radius 2 is 1.66 bits per heavy atom. The second-order valence-electron chi connectivity index (χ2n) is 7.02. The summed E-state index contributed by atoms with van der Waals surface area (Å²) >= 11 is 0. The van der Waals surface area contributed by atoms with E-state index >= 15 is 0 Å². The number of rotatable bonds is 7. The van der Waals surface area contributed by atoms with E-state index in [-0.39, 0.29) is 29.0 Å². The van der Waals surface area contributed by atoms with E-state index in [4.69, 9.17) is 5.73 Å².